The molecule has 1 aliphatic heterocycles. The summed E-state index contributed by atoms with van der Waals surface area (Å²) in [6.45, 7) is 3.68. The highest BCUT2D eigenvalue weighted by molar-refractivity contribution is 6.02. The molecular weight excluding hydrogens is 445 g/mol. The number of rotatable bonds is 3. The van der Waals surface area contributed by atoms with Gasteiger partial charge in [-0.3, -0.25) is 4.90 Å². The molecule has 174 valence electrons. The minimum Gasteiger partial charge on any atom is -0.383 e. The van der Waals surface area contributed by atoms with E-state index in [4.69, 9.17) is 5.73 Å². The highest BCUT2D eigenvalue weighted by Gasteiger charge is 2.37. The number of nitrogens with one attached hydrogen (secondary N) is 1. The number of hydrogen-bond donors (Lipinski definition) is 2. The number of nitrogen functional groups attached to an aromatic ring is 1. The zero-order valence-corrected chi connectivity index (χ0v) is 18.7. The molecule has 1 unspecified atom stereocenters. The van der Waals surface area contributed by atoms with Crippen LogP contribution in [0.1, 0.15) is 23.1 Å². The van der Waals surface area contributed by atoms with E-state index < -0.39 is 23.5 Å². The molecule has 0 spiro atoms. The fourth-order valence-electron chi connectivity index (χ4n) is 4.53. The predicted molar refractivity (Wildman–Crippen MR) is 123 cm³/mol. The molecule has 2 aromatic carbocycles. The normalized spacial score (nSPS) is 16.2. The molecule has 1 saturated heterocycles. The number of aryl methyl sites for hydroxylation is 2. The van der Waals surface area contributed by atoms with Gasteiger partial charge in [0.2, 0.25) is 0 Å². The van der Waals surface area contributed by atoms with Crippen LogP contribution in [-0.2, 0) is 0 Å². The molecule has 2 amide bonds. The quantitative estimate of drug-likeness (QED) is 0.451. The third-order valence-corrected chi connectivity index (χ3v) is 6.20. The molecule has 7 nitrogen and oxygen atoms in total. The lowest BCUT2D eigenvalue weighted by molar-refractivity contribution is 0.219. The van der Waals surface area contributed by atoms with Crippen molar-refractivity contribution in [2.24, 2.45) is 0 Å². The van der Waals surface area contributed by atoms with E-state index in [2.05, 4.69) is 15.0 Å². The van der Waals surface area contributed by atoms with Crippen molar-refractivity contribution in [3.05, 3.63) is 70.9 Å². The second kappa shape index (κ2) is 7.75. The Morgan fingerprint density at radius 3 is 2.50 bits per heavy atom. The molecule has 4 aromatic rings. The van der Waals surface area contributed by atoms with Gasteiger partial charge in [-0.25, -0.2) is 27.9 Å². The van der Waals surface area contributed by atoms with Gasteiger partial charge < -0.3 is 15.6 Å². The second-order valence-electron chi connectivity index (χ2n) is 8.36. The lowest BCUT2D eigenvalue weighted by Gasteiger charge is -2.18. The summed E-state index contributed by atoms with van der Waals surface area (Å²) in [4.78, 5) is 27.4. The summed E-state index contributed by atoms with van der Waals surface area (Å²) in [5.41, 5.74) is 8.97. The highest BCUT2D eigenvalue weighted by Crippen LogP contribution is 2.38. The van der Waals surface area contributed by atoms with Crippen LogP contribution in [0.4, 0.5) is 29.5 Å². The Balaban J connectivity index is 1.51. The minimum absolute atomic E-state index is 0.158. The molecule has 1 aliphatic rings. The van der Waals surface area contributed by atoms with Gasteiger partial charge in [-0.15, -0.1) is 0 Å². The van der Waals surface area contributed by atoms with E-state index in [1.54, 1.807) is 33.0 Å². The maximum atomic E-state index is 15.4. The van der Waals surface area contributed by atoms with Crippen molar-refractivity contribution in [1.82, 2.24) is 19.9 Å². The van der Waals surface area contributed by atoms with E-state index in [0.717, 1.165) is 12.1 Å². The van der Waals surface area contributed by atoms with Gasteiger partial charge in [-0.05, 0) is 49.7 Å². The average Bonchev–Trinajstić information content (AvgIpc) is 3.26. The molecule has 1 fully saturated rings. The third-order valence-electron chi connectivity index (χ3n) is 6.20. The lowest BCUT2D eigenvalue weighted by Crippen LogP contribution is -2.29. The van der Waals surface area contributed by atoms with Crippen molar-refractivity contribution in [1.29, 1.82) is 0 Å². The van der Waals surface area contributed by atoms with Gasteiger partial charge in [-0.1, -0.05) is 6.07 Å². The van der Waals surface area contributed by atoms with E-state index in [0.29, 0.717) is 44.9 Å². The van der Waals surface area contributed by atoms with E-state index >= 15 is 4.39 Å². The van der Waals surface area contributed by atoms with Crippen molar-refractivity contribution in [2.45, 2.75) is 19.9 Å². The first-order chi connectivity index (χ1) is 16.2. The summed E-state index contributed by atoms with van der Waals surface area (Å²) < 4.78 is 42.5. The third kappa shape index (κ3) is 3.33. The number of fused-ring (bicyclic) bond motifs is 1. The number of nitrogens with two attached hydrogens (primary N) is 1. The Morgan fingerprint density at radius 1 is 1.03 bits per heavy atom. The fourth-order valence-corrected chi connectivity index (χ4v) is 4.53. The number of urea groups is 1. The van der Waals surface area contributed by atoms with Crippen LogP contribution in [0.15, 0.2) is 36.4 Å². The van der Waals surface area contributed by atoms with Crippen LogP contribution in [0.5, 0.6) is 0 Å². The molecule has 2 aromatic heterocycles. The molecule has 1 atom stereocenters. The smallest absolute Gasteiger partial charge is 0.324 e. The second-order valence-corrected chi connectivity index (χ2v) is 8.36. The molecule has 3 N–H and O–H groups in total. The molecule has 0 bridgehead atoms. The van der Waals surface area contributed by atoms with Crippen molar-refractivity contribution >= 4 is 28.6 Å². The Labute approximate surface area is 193 Å². The molecule has 0 saturated carbocycles. The lowest BCUT2D eigenvalue weighted by atomic mass is 10.0. The van der Waals surface area contributed by atoms with E-state index in [-0.39, 0.29) is 18.4 Å². The van der Waals surface area contributed by atoms with Crippen molar-refractivity contribution in [2.75, 3.05) is 24.2 Å². The summed E-state index contributed by atoms with van der Waals surface area (Å²) >= 11 is 0. The van der Waals surface area contributed by atoms with Gasteiger partial charge in [0.1, 0.15) is 23.1 Å². The average molecular weight is 466 g/mol. The first-order valence-electron chi connectivity index (χ1n) is 10.6. The Hall–Kier alpha value is -4.08. The summed E-state index contributed by atoms with van der Waals surface area (Å²) in [6.07, 6.45) is 0. The summed E-state index contributed by atoms with van der Waals surface area (Å²) in [6, 6.07) is 7.15. The van der Waals surface area contributed by atoms with E-state index in [1.807, 2.05) is 0 Å². The van der Waals surface area contributed by atoms with E-state index in [1.165, 1.54) is 21.9 Å². The highest BCUT2D eigenvalue weighted by atomic mass is 19.2. The first-order valence-corrected chi connectivity index (χ1v) is 10.6. The number of halogens is 3. The summed E-state index contributed by atoms with van der Waals surface area (Å²) in [5, 5.41) is 0.533. The number of hydrogen-bond acceptors (Lipinski definition) is 4. The number of carbonyl (C=O) groups excluding carboxylic acids is 1. The largest absolute Gasteiger partial charge is 0.383 e. The maximum absolute atomic E-state index is 15.4. The SMILES string of the molecule is Cc1nc(N)c2c(-c3ccc(N4CC(c5ccc(F)c(F)c5)N(C)C4=O)cc3F)c(C)[nH]c2n1. The van der Waals surface area contributed by atoms with Crippen molar-refractivity contribution in [3.63, 3.8) is 0 Å². The molecule has 0 aliphatic carbocycles. The zero-order valence-electron chi connectivity index (χ0n) is 18.7. The van der Waals surface area contributed by atoms with Crippen LogP contribution < -0.4 is 10.6 Å². The number of aromatic amines is 1. The number of aromatic nitrogens is 3. The van der Waals surface area contributed by atoms with E-state index in [9.17, 15) is 13.6 Å². The first kappa shape index (κ1) is 21.7. The summed E-state index contributed by atoms with van der Waals surface area (Å²) in [7, 11) is 1.57. The molecule has 10 heteroatoms. The standard InChI is InChI=1S/C24H21F3N6O/c1-11-20(21-22(28)30-12(2)31-23(21)29-11)15-6-5-14(9-17(15)26)33-10-19(32(3)24(33)34)13-4-7-16(25)18(27)8-13/h4-9,19H,10H2,1-3H3,(H3,28,29,30,31). The minimum atomic E-state index is -0.986. The summed E-state index contributed by atoms with van der Waals surface area (Å²) in [5.74, 6) is -1.75. The Bertz CT molecular complexity index is 1470. The van der Waals surface area contributed by atoms with Crippen LogP contribution in [0.25, 0.3) is 22.2 Å². The molecule has 3 heterocycles. The maximum Gasteiger partial charge on any atom is 0.324 e. The Morgan fingerprint density at radius 2 is 1.79 bits per heavy atom. The number of nitrogens with zero attached hydrogens (tertiary/aromatic N) is 4. The van der Waals surface area contributed by atoms with Crippen LogP contribution in [0.3, 0.4) is 0 Å². The fraction of sp³-hybridized carbons (Fsp3) is 0.208. The number of amides is 2. The molecule has 5 rings (SSSR count). The van der Waals surface area contributed by atoms with Crippen LogP contribution in [-0.4, -0.2) is 39.5 Å². The van der Waals surface area contributed by atoms with Crippen molar-refractivity contribution < 1.29 is 18.0 Å². The Kier molecular flexibility index (Phi) is 4.96. The van der Waals surface area contributed by atoms with Crippen LogP contribution in [0, 0.1) is 31.3 Å². The van der Waals surface area contributed by atoms with Crippen molar-refractivity contribution in [3.8, 4) is 11.1 Å². The van der Waals surface area contributed by atoms with Gasteiger partial charge in [0.25, 0.3) is 0 Å². The molecular formula is C24H21F3N6O. The number of benzene rings is 2. The monoisotopic (exact) mass is 466 g/mol. The number of carbonyl (C=O) groups is 1. The number of anilines is 2. The molecule has 0 radical (unpaired) electrons. The number of likely N-dealkylation sites (N-methyl/N-ethyl adjacent to an activating group) is 1. The topological polar surface area (TPSA) is 91.1 Å². The van der Waals surface area contributed by atoms with Crippen LogP contribution >= 0.6 is 0 Å². The van der Waals surface area contributed by atoms with Gasteiger partial charge in [0.05, 0.1) is 18.0 Å². The zero-order chi connectivity index (χ0) is 24.3. The predicted octanol–water partition coefficient (Wildman–Crippen LogP) is 4.85. The molecule has 34 heavy (non-hydrogen) atoms. The van der Waals surface area contributed by atoms with Crippen LogP contribution in [0.2, 0.25) is 0 Å². The van der Waals surface area contributed by atoms with Gasteiger partial charge in [0, 0.05) is 29.6 Å². The number of H-pyrrole nitrogens is 1. The van der Waals surface area contributed by atoms with Gasteiger partial charge >= 0.3 is 6.03 Å². The van der Waals surface area contributed by atoms with Gasteiger partial charge in [-0.2, -0.15) is 0 Å². The van der Waals surface area contributed by atoms with Gasteiger partial charge in [0.15, 0.2) is 11.6 Å².